The van der Waals surface area contributed by atoms with Crippen LogP contribution in [0.2, 0.25) is 0 Å². The van der Waals surface area contributed by atoms with Crippen LogP contribution < -0.4 is 0 Å². The first kappa shape index (κ1) is 11.8. The van der Waals surface area contributed by atoms with Crippen molar-refractivity contribution in [1.82, 2.24) is 0 Å². The summed E-state index contributed by atoms with van der Waals surface area (Å²) < 4.78 is 0. The molecular formula is C14H26. The average molecular weight is 194 g/mol. The van der Waals surface area contributed by atoms with Gasteiger partial charge in [0.25, 0.3) is 0 Å². The molecule has 0 aromatic heterocycles. The molecule has 1 fully saturated rings. The molecule has 1 aliphatic carbocycles. The van der Waals surface area contributed by atoms with E-state index in [4.69, 9.17) is 0 Å². The second-order valence-electron chi connectivity index (χ2n) is 6.35. The van der Waals surface area contributed by atoms with E-state index in [1.807, 2.05) is 0 Å². The molecule has 0 spiro atoms. The van der Waals surface area contributed by atoms with Gasteiger partial charge in [-0.2, -0.15) is 0 Å². The van der Waals surface area contributed by atoms with Crippen molar-refractivity contribution in [2.24, 2.45) is 29.1 Å². The Bertz CT molecular complexity index is 197. The van der Waals surface area contributed by atoms with E-state index in [1.54, 1.807) is 0 Å². The lowest BCUT2D eigenvalue weighted by Crippen LogP contribution is -2.38. The fourth-order valence-corrected chi connectivity index (χ4v) is 3.65. The predicted molar refractivity (Wildman–Crippen MR) is 64.2 cm³/mol. The highest BCUT2D eigenvalue weighted by Gasteiger charge is 2.39. The van der Waals surface area contributed by atoms with Gasteiger partial charge in [0.1, 0.15) is 0 Å². The fraction of sp³-hybridized carbons (Fsp3) is 0.857. The highest BCUT2D eigenvalue weighted by molar-refractivity contribution is 4.96. The lowest BCUT2D eigenvalue weighted by molar-refractivity contribution is 0.0563. The Balaban J connectivity index is 2.84. The van der Waals surface area contributed by atoms with Crippen LogP contribution in [0.25, 0.3) is 0 Å². The van der Waals surface area contributed by atoms with Crippen LogP contribution >= 0.6 is 0 Å². The Kier molecular flexibility index (Phi) is 3.44. The Labute approximate surface area is 89.8 Å². The molecule has 0 aliphatic heterocycles. The largest absolute Gasteiger partial charge is 0.103 e. The van der Waals surface area contributed by atoms with E-state index in [9.17, 15) is 0 Å². The Morgan fingerprint density at radius 2 is 1.71 bits per heavy atom. The van der Waals surface area contributed by atoms with Gasteiger partial charge in [0.2, 0.25) is 0 Å². The maximum Gasteiger partial charge on any atom is -0.0198 e. The second-order valence-corrected chi connectivity index (χ2v) is 6.35. The van der Waals surface area contributed by atoms with Crippen molar-refractivity contribution >= 4 is 0 Å². The van der Waals surface area contributed by atoms with E-state index in [2.05, 4.69) is 47.3 Å². The van der Waals surface area contributed by atoms with Gasteiger partial charge in [0, 0.05) is 0 Å². The quantitative estimate of drug-likeness (QED) is 0.538. The zero-order valence-corrected chi connectivity index (χ0v) is 10.5. The third kappa shape index (κ3) is 2.40. The van der Waals surface area contributed by atoms with Crippen LogP contribution in [0.15, 0.2) is 12.7 Å². The third-order valence-corrected chi connectivity index (χ3v) is 3.83. The van der Waals surface area contributed by atoms with Crippen molar-refractivity contribution in [2.75, 3.05) is 0 Å². The van der Waals surface area contributed by atoms with Gasteiger partial charge in [-0.25, -0.2) is 0 Å². The molecule has 1 saturated carbocycles. The number of rotatable bonds is 1. The molecule has 0 heterocycles. The lowest BCUT2D eigenvalue weighted by atomic mass is 9.60. The van der Waals surface area contributed by atoms with Crippen LogP contribution in [0.3, 0.4) is 0 Å². The molecule has 0 radical (unpaired) electrons. The standard InChI is InChI=1S/C14H26/c1-7-12-9-10(2)8-11(3)13(12)14(4,5)6/h7,10-13H,1,8-9H2,2-6H3. The zero-order chi connectivity index (χ0) is 10.9. The molecule has 0 aromatic rings. The molecule has 4 unspecified atom stereocenters. The lowest BCUT2D eigenvalue weighted by Gasteiger charge is -2.45. The van der Waals surface area contributed by atoms with E-state index in [0.29, 0.717) is 5.41 Å². The van der Waals surface area contributed by atoms with E-state index in [1.165, 1.54) is 12.8 Å². The van der Waals surface area contributed by atoms with Gasteiger partial charge < -0.3 is 0 Å². The molecule has 14 heavy (non-hydrogen) atoms. The highest BCUT2D eigenvalue weighted by Crippen LogP contribution is 2.47. The normalized spacial score (nSPS) is 39.5. The van der Waals surface area contributed by atoms with Gasteiger partial charge in [-0.1, -0.05) is 40.7 Å². The summed E-state index contributed by atoms with van der Waals surface area (Å²) in [5, 5.41) is 0. The highest BCUT2D eigenvalue weighted by atomic mass is 14.4. The first-order valence-electron chi connectivity index (χ1n) is 5.98. The van der Waals surface area contributed by atoms with Crippen LogP contribution in [0, 0.1) is 29.1 Å². The van der Waals surface area contributed by atoms with Gasteiger partial charge >= 0.3 is 0 Å². The molecule has 0 N–H and O–H groups in total. The summed E-state index contributed by atoms with van der Waals surface area (Å²) in [7, 11) is 0. The Hall–Kier alpha value is -0.260. The van der Waals surface area contributed by atoms with Crippen molar-refractivity contribution in [3.63, 3.8) is 0 Å². The van der Waals surface area contributed by atoms with Gasteiger partial charge in [0.15, 0.2) is 0 Å². The minimum atomic E-state index is 0.429. The van der Waals surface area contributed by atoms with Gasteiger partial charge in [-0.3, -0.25) is 0 Å². The maximum absolute atomic E-state index is 4.02. The van der Waals surface area contributed by atoms with Gasteiger partial charge in [-0.15, -0.1) is 6.58 Å². The van der Waals surface area contributed by atoms with E-state index >= 15 is 0 Å². The average Bonchev–Trinajstić information content (AvgIpc) is 1.99. The smallest absolute Gasteiger partial charge is 0.0198 e. The second kappa shape index (κ2) is 4.08. The maximum atomic E-state index is 4.02. The fourth-order valence-electron chi connectivity index (χ4n) is 3.65. The van der Waals surface area contributed by atoms with Crippen molar-refractivity contribution in [3.8, 4) is 0 Å². The molecule has 82 valence electrons. The van der Waals surface area contributed by atoms with Gasteiger partial charge in [0.05, 0.1) is 0 Å². The minimum absolute atomic E-state index is 0.429. The molecule has 4 atom stereocenters. The molecule has 0 amide bonds. The SMILES string of the molecule is C=CC1CC(C)CC(C)C1C(C)(C)C. The summed E-state index contributed by atoms with van der Waals surface area (Å²) in [5.41, 5.74) is 0.429. The third-order valence-electron chi connectivity index (χ3n) is 3.83. The minimum Gasteiger partial charge on any atom is -0.103 e. The summed E-state index contributed by atoms with van der Waals surface area (Å²) in [5.74, 6) is 3.28. The van der Waals surface area contributed by atoms with Crippen molar-refractivity contribution in [1.29, 1.82) is 0 Å². The van der Waals surface area contributed by atoms with Gasteiger partial charge in [-0.05, 0) is 41.9 Å². The van der Waals surface area contributed by atoms with E-state index < -0.39 is 0 Å². The number of hydrogen-bond donors (Lipinski definition) is 0. The molecule has 0 bridgehead atoms. The van der Waals surface area contributed by atoms with Crippen molar-refractivity contribution in [3.05, 3.63) is 12.7 Å². The molecule has 1 aliphatic rings. The summed E-state index contributed by atoms with van der Waals surface area (Å²) in [6.45, 7) is 15.9. The van der Waals surface area contributed by atoms with Crippen LogP contribution in [0.5, 0.6) is 0 Å². The Morgan fingerprint density at radius 1 is 1.14 bits per heavy atom. The molecule has 0 saturated heterocycles. The van der Waals surface area contributed by atoms with E-state index in [0.717, 1.165) is 23.7 Å². The van der Waals surface area contributed by atoms with Crippen LogP contribution in [0.1, 0.15) is 47.5 Å². The Morgan fingerprint density at radius 3 is 2.14 bits per heavy atom. The summed E-state index contributed by atoms with van der Waals surface area (Å²) in [6, 6.07) is 0. The monoisotopic (exact) mass is 194 g/mol. The van der Waals surface area contributed by atoms with Crippen molar-refractivity contribution < 1.29 is 0 Å². The zero-order valence-electron chi connectivity index (χ0n) is 10.5. The van der Waals surface area contributed by atoms with Crippen LogP contribution in [-0.4, -0.2) is 0 Å². The summed E-state index contributed by atoms with van der Waals surface area (Å²) >= 11 is 0. The summed E-state index contributed by atoms with van der Waals surface area (Å²) in [4.78, 5) is 0. The van der Waals surface area contributed by atoms with Crippen LogP contribution in [0.4, 0.5) is 0 Å². The van der Waals surface area contributed by atoms with Crippen LogP contribution in [-0.2, 0) is 0 Å². The molecular weight excluding hydrogens is 168 g/mol. The predicted octanol–water partition coefficient (Wildman–Crippen LogP) is 4.52. The molecule has 0 nitrogen and oxygen atoms in total. The first-order valence-corrected chi connectivity index (χ1v) is 5.98. The molecule has 0 heteroatoms. The molecule has 0 aromatic carbocycles. The molecule has 1 rings (SSSR count). The van der Waals surface area contributed by atoms with E-state index in [-0.39, 0.29) is 0 Å². The first-order chi connectivity index (χ1) is 6.36. The number of hydrogen-bond acceptors (Lipinski definition) is 0. The topological polar surface area (TPSA) is 0 Å². The van der Waals surface area contributed by atoms with Crippen molar-refractivity contribution in [2.45, 2.75) is 47.5 Å². The number of allylic oxidation sites excluding steroid dienone is 1. The summed E-state index contributed by atoms with van der Waals surface area (Å²) in [6.07, 6.45) is 4.93.